The van der Waals surface area contributed by atoms with Crippen molar-refractivity contribution in [2.45, 2.75) is 26.3 Å². The number of rotatable bonds is 6. The van der Waals surface area contributed by atoms with Crippen LogP contribution in [-0.4, -0.2) is 5.91 Å². The van der Waals surface area contributed by atoms with Crippen molar-refractivity contribution >= 4 is 11.6 Å². The lowest BCUT2D eigenvalue weighted by Gasteiger charge is -2.10. The van der Waals surface area contributed by atoms with Gasteiger partial charge in [0.1, 0.15) is 11.5 Å². The molecule has 3 rings (SSSR count). The number of para-hydroxylation sites is 1. The van der Waals surface area contributed by atoms with E-state index in [1.54, 1.807) is 0 Å². The maximum absolute atomic E-state index is 12.5. The van der Waals surface area contributed by atoms with E-state index in [-0.39, 0.29) is 11.9 Å². The molecule has 1 heterocycles. The minimum atomic E-state index is -0.291. The molecule has 1 atom stereocenters. The van der Waals surface area contributed by atoms with Crippen LogP contribution in [0.2, 0.25) is 0 Å². The van der Waals surface area contributed by atoms with Gasteiger partial charge in [0.2, 0.25) is 6.04 Å². The second kappa shape index (κ2) is 8.30. The van der Waals surface area contributed by atoms with Crippen LogP contribution in [0.25, 0.3) is 0 Å². The Balaban J connectivity index is 1.61. The molecule has 26 heavy (non-hydrogen) atoms. The summed E-state index contributed by atoms with van der Waals surface area (Å²) < 4.78 is 7.66. The Morgan fingerprint density at radius 2 is 1.58 bits per heavy atom. The molecule has 3 aromatic rings. The minimum absolute atomic E-state index is 0.0593. The molecule has 0 saturated heterocycles. The molecule has 1 aromatic heterocycles. The van der Waals surface area contributed by atoms with Gasteiger partial charge < -0.3 is 10.1 Å². The summed E-state index contributed by atoms with van der Waals surface area (Å²) in [4.78, 5) is 12.5. The van der Waals surface area contributed by atoms with Crippen LogP contribution in [0.5, 0.6) is 11.5 Å². The van der Waals surface area contributed by atoms with Crippen LogP contribution < -0.4 is 14.6 Å². The summed E-state index contributed by atoms with van der Waals surface area (Å²) in [6.45, 7) is 3.99. The van der Waals surface area contributed by atoms with E-state index in [0.717, 1.165) is 23.6 Å². The van der Waals surface area contributed by atoms with Crippen LogP contribution in [0.15, 0.2) is 79.1 Å². The van der Waals surface area contributed by atoms with Crippen LogP contribution in [-0.2, 0) is 11.2 Å². The van der Waals surface area contributed by atoms with E-state index in [9.17, 15) is 4.79 Å². The molecule has 0 aliphatic rings. The SMILES string of the molecule is CCc1cc[n+]([C@@H](C)C(=O)Nc2ccc(Oc3ccccc3)cc2)cc1. The van der Waals surface area contributed by atoms with Gasteiger partial charge in [0.25, 0.3) is 5.91 Å². The molecule has 1 amide bonds. The van der Waals surface area contributed by atoms with Crippen molar-refractivity contribution in [3.05, 3.63) is 84.7 Å². The molecule has 4 heteroatoms. The van der Waals surface area contributed by atoms with Crippen LogP contribution in [0.1, 0.15) is 25.5 Å². The lowest BCUT2D eigenvalue weighted by atomic mass is 10.2. The first-order chi connectivity index (χ1) is 12.7. The number of nitrogens with one attached hydrogen (secondary N) is 1. The predicted octanol–water partition coefficient (Wildman–Crippen LogP) is 4.53. The summed E-state index contributed by atoms with van der Waals surface area (Å²) in [6, 6.07) is 20.8. The van der Waals surface area contributed by atoms with Gasteiger partial charge in [0.15, 0.2) is 12.4 Å². The highest BCUT2D eigenvalue weighted by Crippen LogP contribution is 2.22. The van der Waals surface area contributed by atoms with E-state index in [4.69, 9.17) is 4.74 Å². The zero-order valence-electron chi connectivity index (χ0n) is 15.1. The van der Waals surface area contributed by atoms with Gasteiger partial charge in [-0.2, -0.15) is 4.57 Å². The summed E-state index contributed by atoms with van der Waals surface area (Å²) in [5.41, 5.74) is 2.00. The van der Waals surface area contributed by atoms with Crippen molar-refractivity contribution in [2.75, 3.05) is 5.32 Å². The third kappa shape index (κ3) is 4.48. The van der Waals surface area contributed by atoms with Gasteiger partial charge in [-0.3, -0.25) is 4.79 Å². The number of nitrogens with zero attached hydrogens (tertiary/aromatic N) is 1. The molecule has 0 unspecified atom stereocenters. The zero-order chi connectivity index (χ0) is 18.4. The van der Waals surface area contributed by atoms with Gasteiger partial charge in [-0.15, -0.1) is 0 Å². The first-order valence-corrected chi connectivity index (χ1v) is 8.79. The highest BCUT2D eigenvalue weighted by Gasteiger charge is 2.21. The third-order valence-electron chi connectivity index (χ3n) is 4.26. The molecule has 0 aliphatic carbocycles. The molecular weight excluding hydrogens is 324 g/mol. The number of hydrogen-bond acceptors (Lipinski definition) is 2. The lowest BCUT2D eigenvalue weighted by Crippen LogP contribution is -2.44. The summed E-state index contributed by atoms with van der Waals surface area (Å²) in [5.74, 6) is 1.45. The van der Waals surface area contributed by atoms with Crippen molar-refractivity contribution in [2.24, 2.45) is 0 Å². The Labute approximate surface area is 154 Å². The number of anilines is 1. The highest BCUT2D eigenvalue weighted by molar-refractivity contribution is 5.92. The van der Waals surface area contributed by atoms with Crippen molar-refractivity contribution in [1.29, 1.82) is 0 Å². The number of pyridine rings is 1. The number of benzene rings is 2. The molecule has 0 aliphatic heterocycles. The maximum atomic E-state index is 12.5. The molecule has 1 N–H and O–H groups in total. The van der Waals surface area contributed by atoms with Gasteiger partial charge in [-0.05, 0) is 48.4 Å². The first kappa shape index (κ1) is 17.7. The average Bonchev–Trinajstić information content (AvgIpc) is 2.70. The van der Waals surface area contributed by atoms with Crippen molar-refractivity contribution in [1.82, 2.24) is 0 Å². The van der Waals surface area contributed by atoms with E-state index in [1.807, 2.05) is 90.6 Å². The normalized spacial score (nSPS) is 11.6. The van der Waals surface area contributed by atoms with E-state index in [2.05, 4.69) is 12.2 Å². The molecular formula is C22H23N2O2+. The quantitative estimate of drug-likeness (QED) is 0.666. The van der Waals surface area contributed by atoms with Crippen LogP contribution in [0.3, 0.4) is 0 Å². The molecule has 0 saturated carbocycles. The summed E-state index contributed by atoms with van der Waals surface area (Å²) >= 11 is 0. The Morgan fingerprint density at radius 3 is 2.19 bits per heavy atom. The number of carbonyl (C=O) groups excluding carboxylic acids is 1. The summed E-state index contributed by atoms with van der Waals surface area (Å²) in [6.07, 6.45) is 4.87. The van der Waals surface area contributed by atoms with Gasteiger partial charge in [-0.25, -0.2) is 0 Å². The number of aryl methyl sites for hydroxylation is 1. The van der Waals surface area contributed by atoms with Crippen molar-refractivity contribution in [3.63, 3.8) is 0 Å². The van der Waals surface area contributed by atoms with E-state index < -0.39 is 0 Å². The molecule has 132 valence electrons. The number of hydrogen-bond donors (Lipinski definition) is 1. The Hall–Kier alpha value is -3.14. The largest absolute Gasteiger partial charge is 0.457 e. The third-order valence-corrected chi connectivity index (χ3v) is 4.26. The van der Waals surface area contributed by atoms with Crippen LogP contribution >= 0.6 is 0 Å². The van der Waals surface area contributed by atoms with Gasteiger partial charge in [0.05, 0.1) is 0 Å². The lowest BCUT2D eigenvalue weighted by molar-refractivity contribution is -0.705. The summed E-state index contributed by atoms with van der Waals surface area (Å²) in [5, 5.41) is 2.94. The van der Waals surface area contributed by atoms with E-state index >= 15 is 0 Å². The Bertz CT molecular complexity index is 844. The predicted molar refractivity (Wildman–Crippen MR) is 102 cm³/mol. The fourth-order valence-electron chi connectivity index (χ4n) is 2.58. The summed E-state index contributed by atoms with van der Waals surface area (Å²) in [7, 11) is 0. The van der Waals surface area contributed by atoms with E-state index in [0.29, 0.717) is 0 Å². The topological polar surface area (TPSA) is 42.2 Å². The van der Waals surface area contributed by atoms with Crippen molar-refractivity contribution < 1.29 is 14.1 Å². The molecule has 4 nitrogen and oxygen atoms in total. The molecule has 0 spiro atoms. The molecule has 2 aromatic carbocycles. The minimum Gasteiger partial charge on any atom is -0.457 e. The number of carbonyl (C=O) groups is 1. The van der Waals surface area contributed by atoms with Gasteiger partial charge >= 0.3 is 0 Å². The Kier molecular flexibility index (Phi) is 5.64. The van der Waals surface area contributed by atoms with Crippen LogP contribution in [0, 0.1) is 0 Å². The maximum Gasteiger partial charge on any atom is 0.293 e. The number of ether oxygens (including phenoxy) is 1. The highest BCUT2D eigenvalue weighted by atomic mass is 16.5. The van der Waals surface area contributed by atoms with Crippen molar-refractivity contribution in [3.8, 4) is 11.5 Å². The molecule has 0 fully saturated rings. The average molecular weight is 347 g/mol. The number of aromatic nitrogens is 1. The smallest absolute Gasteiger partial charge is 0.293 e. The molecule has 0 radical (unpaired) electrons. The monoisotopic (exact) mass is 347 g/mol. The molecule has 0 bridgehead atoms. The first-order valence-electron chi connectivity index (χ1n) is 8.79. The second-order valence-electron chi connectivity index (χ2n) is 6.11. The fraction of sp³-hybridized carbons (Fsp3) is 0.182. The second-order valence-corrected chi connectivity index (χ2v) is 6.11. The Morgan fingerprint density at radius 1 is 0.962 bits per heavy atom. The zero-order valence-corrected chi connectivity index (χ0v) is 15.1. The number of amides is 1. The van der Waals surface area contributed by atoms with Crippen LogP contribution in [0.4, 0.5) is 5.69 Å². The van der Waals surface area contributed by atoms with E-state index in [1.165, 1.54) is 5.56 Å². The standard InChI is InChI=1S/C22H22N2O2/c1-3-18-13-15-24(16-14-18)17(2)22(25)23-19-9-11-21(12-10-19)26-20-7-5-4-6-8-20/h4-17H,3H2,1-2H3/p+1/t17-/m0/s1. The fourth-order valence-corrected chi connectivity index (χ4v) is 2.58. The van der Waals surface area contributed by atoms with Gasteiger partial charge in [-0.1, -0.05) is 25.1 Å². The van der Waals surface area contributed by atoms with Gasteiger partial charge in [0, 0.05) is 24.7 Å².